The number of hydrogen-bond acceptors (Lipinski definition) is 4. The third kappa shape index (κ3) is 3.56. The third-order valence-corrected chi connectivity index (χ3v) is 3.58. The average molecular weight is 344 g/mol. The van der Waals surface area contributed by atoms with Crippen LogP contribution in [-0.4, -0.2) is 42.9 Å². The maximum Gasteiger partial charge on any atom is 0.330 e. The summed E-state index contributed by atoms with van der Waals surface area (Å²) in [7, 11) is 0. The van der Waals surface area contributed by atoms with E-state index < -0.39 is 24.0 Å². The fraction of sp³-hybridized carbons (Fsp3) is 0.385. The van der Waals surface area contributed by atoms with Crippen molar-refractivity contribution in [3.05, 3.63) is 34.3 Å². The van der Waals surface area contributed by atoms with Gasteiger partial charge in [0, 0.05) is 4.47 Å². The summed E-state index contributed by atoms with van der Waals surface area (Å²) in [5, 5.41) is 11.8. The standard InChI is InChI=1S/C13H14BrNO5/c14-9-4-2-1-3-8(9)11(13(17)18)15-12(16)10-7-19-5-6-20-10/h1-4,10-11H,5-7H2,(H,15,16)(H,17,18). The zero-order chi connectivity index (χ0) is 14.5. The van der Waals surface area contributed by atoms with Gasteiger partial charge in [-0.25, -0.2) is 4.79 Å². The van der Waals surface area contributed by atoms with Gasteiger partial charge in [0.15, 0.2) is 12.1 Å². The highest BCUT2D eigenvalue weighted by molar-refractivity contribution is 9.10. The number of benzene rings is 1. The number of carbonyl (C=O) groups is 2. The first kappa shape index (κ1) is 15.0. The molecule has 2 atom stereocenters. The van der Waals surface area contributed by atoms with Crippen LogP contribution in [0.2, 0.25) is 0 Å². The summed E-state index contributed by atoms with van der Waals surface area (Å²) in [4.78, 5) is 23.4. The molecule has 0 saturated carbocycles. The minimum Gasteiger partial charge on any atom is -0.479 e. The zero-order valence-corrected chi connectivity index (χ0v) is 12.1. The quantitative estimate of drug-likeness (QED) is 0.855. The maximum absolute atomic E-state index is 12.0. The van der Waals surface area contributed by atoms with Crippen molar-refractivity contribution >= 4 is 27.8 Å². The molecule has 20 heavy (non-hydrogen) atoms. The van der Waals surface area contributed by atoms with Crippen molar-refractivity contribution in [2.45, 2.75) is 12.1 Å². The number of nitrogens with one attached hydrogen (secondary N) is 1. The molecule has 7 heteroatoms. The van der Waals surface area contributed by atoms with Gasteiger partial charge in [-0.1, -0.05) is 34.1 Å². The number of amides is 1. The second-order valence-electron chi connectivity index (χ2n) is 4.24. The van der Waals surface area contributed by atoms with E-state index in [0.29, 0.717) is 23.2 Å². The molecule has 1 aliphatic heterocycles. The maximum atomic E-state index is 12.0. The number of halogens is 1. The van der Waals surface area contributed by atoms with Crippen LogP contribution in [0.25, 0.3) is 0 Å². The van der Waals surface area contributed by atoms with Crippen molar-refractivity contribution in [1.82, 2.24) is 5.32 Å². The normalized spacial score (nSPS) is 20.1. The molecule has 2 unspecified atom stereocenters. The van der Waals surface area contributed by atoms with Crippen LogP contribution in [0.5, 0.6) is 0 Å². The van der Waals surface area contributed by atoms with Crippen molar-refractivity contribution in [3.63, 3.8) is 0 Å². The molecule has 2 N–H and O–H groups in total. The molecule has 2 rings (SSSR count). The summed E-state index contributed by atoms with van der Waals surface area (Å²) < 4.78 is 11.0. The summed E-state index contributed by atoms with van der Waals surface area (Å²) in [6.45, 7) is 0.898. The van der Waals surface area contributed by atoms with Crippen molar-refractivity contribution in [1.29, 1.82) is 0 Å². The molecule has 108 valence electrons. The van der Waals surface area contributed by atoms with Crippen molar-refractivity contribution in [3.8, 4) is 0 Å². The van der Waals surface area contributed by atoms with E-state index in [1.165, 1.54) is 0 Å². The predicted octanol–water partition coefficient (Wildman–Crippen LogP) is 1.11. The summed E-state index contributed by atoms with van der Waals surface area (Å²) in [6, 6.07) is 5.71. The molecular formula is C13H14BrNO5. The summed E-state index contributed by atoms with van der Waals surface area (Å²) in [5.41, 5.74) is 0.477. The molecule has 6 nitrogen and oxygen atoms in total. The molecule has 0 aliphatic carbocycles. The van der Waals surface area contributed by atoms with Gasteiger partial charge in [0.1, 0.15) is 0 Å². The van der Waals surface area contributed by atoms with Crippen molar-refractivity contribution < 1.29 is 24.2 Å². The number of carboxylic acids is 1. The van der Waals surface area contributed by atoms with E-state index in [1.807, 2.05) is 0 Å². The van der Waals surface area contributed by atoms with Crippen LogP contribution >= 0.6 is 15.9 Å². The van der Waals surface area contributed by atoms with Gasteiger partial charge in [0.25, 0.3) is 5.91 Å². The Morgan fingerprint density at radius 2 is 2.10 bits per heavy atom. The largest absolute Gasteiger partial charge is 0.479 e. The number of carboxylic acid groups (broad SMARTS) is 1. The number of rotatable bonds is 4. The Labute approximate surface area is 124 Å². The Kier molecular flexibility index (Phi) is 5.11. The van der Waals surface area contributed by atoms with E-state index in [1.54, 1.807) is 24.3 Å². The number of hydrogen-bond donors (Lipinski definition) is 2. The van der Waals surface area contributed by atoms with Crippen LogP contribution in [0.15, 0.2) is 28.7 Å². The molecule has 0 spiro atoms. The van der Waals surface area contributed by atoms with Gasteiger partial charge < -0.3 is 19.9 Å². The topological polar surface area (TPSA) is 84.9 Å². The first-order valence-corrected chi connectivity index (χ1v) is 6.86. The van der Waals surface area contributed by atoms with Gasteiger partial charge in [0.05, 0.1) is 19.8 Å². The fourth-order valence-corrected chi connectivity index (χ4v) is 2.37. The lowest BCUT2D eigenvalue weighted by atomic mass is 10.1. The van der Waals surface area contributed by atoms with E-state index in [2.05, 4.69) is 21.2 Å². The van der Waals surface area contributed by atoms with Gasteiger partial charge in [-0.15, -0.1) is 0 Å². The molecule has 1 aliphatic rings. The number of aliphatic carboxylic acids is 1. The van der Waals surface area contributed by atoms with Gasteiger partial charge in [-0.05, 0) is 11.6 Å². The van der Waals surface area contributed by atoms with Crippen LogP contribution in [0.3, 0.4) is 0 Å². The number of carbonyl (C=O) groups excluding carboxylic acids is 1. The van der Waals surface area contributed by atoms with Crippen LogP contribution in [-0.2, 0) is 19.1 Å². The van der Waals surface area contributed by atoms with Gasteiger partial charge in [-0.3, -0.25) is 4.79 Å². The Morgan fingerprint density at radius 1 is 1.35 bits per heavy atom. The van der Waals surface area contributed by atoms with Crippen LogP contribution in [0, 0.1) is 0 Å². The highest BCUT2D eigenvalue weighted by atomic mass is 79.9. The monoisotopic (exact) mass is 343 g/mol. The molecule has 1 aromatic rings. The molecule has 0 bridgehead atoms. The second-order valence-corrected chi connectivity index (χ2v) is 5.09. The predicted molar refractivity (Wildman–Crippen MR) is 73.2 cm³/mol. The first-order chi connectivity index (χ1) is 9.59. The Morgan fingerprint density at radius 3 is 2.70 bits per heavy atom. The molecule has 1 heterocycles. The lowest BCUT2D eigenvalue weighted by molar-refractivity contribution is -0.152. The SMILES string of the molecule is O=C(NC(C(=O)O)c1ccccc1Br)C1COCCO1. The minimum absolute atomic E-state index is 0.133. The van der Waals surface area contributed by atoms with E-state index in [-0.39, 0.29) is 6.61 Å². The van der Waals surface area contributed by atoms with Crippen LogP contribution in [0.4, 0.5) is 0 Å². The fourth-order valence-electron chi connectivity index (χ4n) is 1.86. The Bertz CT molecular complexity index is 501. The first-order valence-electron chi connectivity index (χ1n) is 6.06. The molecule has 1 amide bonds. The van der Waals surface area contributed by atoms with Crippen LogP contribution < -0.4 is 5.32 Å². The third-order valence-electron chi connectivity index (χ3n) is 2.86. The highest BCUT2D eigenvalue weighted by Gasteiger charge is 2.29. The van der Waals surface area contributed by atoms with E-state index in [9.17, 15) is 14.7 Å². The van der Waals surface area contributed by atoms with Gasteiger partial charge >= 0.3 is 5.97 Å². The molecule has 1 saturated heterocycles. The van der Waals surface area contributed by atoms with E-state index >= 15 is 0 Å². The summed E-state index contributed by atoms with van der Waals surface area (Å²) >= 11 is 3.28. The molecule has 1 fully saturated rings. The molecule has 0 aromatic heterocycles. The minimum atomic E-state index is -1.14. The molecule has 1 aromatic carbocycles. The molecule has 0 radical (unpaired) electrons. The molecular weight excluding hydrogens is 330 g/mol. The van der Waals surface area contributed by atoms with Crippen molar-refractivity contribution in [2.24, 2.45) is 0 Å². The lowest BCUT2D eigenvalue weighted by Gasteiger charge is -2.24. The highest BCUT2D eigenvalue weighted by Crippen LogP contribution is 2.23. The van der Waals surface area contributed by atoms with Crippen LogP contribution in [0.1, 0.15) is 11.6 Å². The van der Waals surface area contributed by atoms with E-state index in [0.717, 1.165) is 0 Å². The smallest absolute Gasteiger partial charge is 0.330 e. The van der Waals surface area contributed by atoms with Crippen molar-refractivity contribution in [2.75, 3.05) is 19.8 Å². The zero-order valence-electron chi connectivity index (χ0n) is 10.5. The van der Waals surface area contributed by atoms with Gasteiger partial charge in [0.2, 0.25) is 0 Å². The summed E-state index contributed by atoms with van der Waals surface area (Å²) in [6.07, 6.45) is -0.770. The Hall–Kier alpha value is -1.44. The van der Waals surface area contributed by atoms with Gasteiger partial charge in [-0.2, -0.15) is 0 Å². The Balaban J connectivity index is 2.12. The van der Waals surface area contributed by atoms with E-state index in [4.69, 9.17) is 9.47 Å². The summed E-state index contributed by atoms with van der Waals surface area (Å²) in [5.74, 6) is -1.63. The second kappa shape index (κ2) is 6.83. The number of ether oxygens (including phenoxy) is 2. The average Bonchev–Trinajstić information content (AvgIpc) is 2.46. The lowest BCUT2D eigenvalue weighted by Crippen LogP contribution is -2.45.